The van der Waals surface area contributed by atoms with Gasteiger partial charge in [-0.1, -0.05) is 56.3 Å². The summed E-state index contributed by atoms with van der Waals surface area (Å²) in [5.74, 6) is -0.971. The molecule has 0 aromatic heterocycles. The molecule has 0 heterocycles. The van der Waals surface area contributed by atoms with Crippen LogP contribution in [-0.4, -0.2) is 28.0 Å². The zero-order valence-corrected chi connectivity index (χ0v) is 17.5. The smallest absolute Gasteiger partial charge is 0.312 e. The number of benzene rings is 2. The fourth-order valence-electron chi connectivity index (χ4n) is 3.11. The summed E-state index contributed by atoms with van der Waals surface area (Å²) in [6.07, 6.45) is 1.94. The lowest BCUT2D eigenvalue weighted by Crippen LogP contribution is -2.44. The lowest BCUT2D eigenvalue weighted by molar-refractivity contribution is -0.147. The first-order valence-corrected chi connectivity index (χ1v) is 10.7. The first-order valence-electron chi connectivity index (χ1n) is 9.86. The van der Waals surface area contributed by atoms with Crippen LogP contribution >= 0.6 is 11.8 Å². The van der Waals surface area contributed by atoms with Gasteiger partial charge in [0, 0.05) is 22.7 Å². The fraction of sp³-hybridized carbons (Fsp3) is 0.391. The van der Waals surface area contributed by atoms with Crippen molar-refractivity contribution in [3.63, 3.8) is 0 Å². The van der Waals surface area contributed by atoms with Gasteiger partial charge >= 0.3 is 11.8 Å². The molecule has 2 aromatic carbocycles. The van der Waals surface area contributed by atoms with Gasteiger partial charge in [-0.15, -0.1) is 11.8 Å². The molecule has 148 valence electrons. The van der Waals surface area contributed by atoms with Crippen LogP contribution in [0.3, 0.4) is 0 Å². The quantitative estimate of drug-likeness (QED) is 0.551. The van der Waals surface area contributed by atoms with Crippen LogP contribution in [0.1, 0.15) is 50.8 Å². The Labute approximate surface area is 171 Å². The first-order chi connectivity index (χ1) is 13.4. The largest absolute Gasteiger partial charge is 0.341 e. The number of nitrogens with zero attached hydrogens (tertiary/aromatic N) is 1. The van der Waals surface area contributed by atoms with Crippen molar-refractivity contribution in [2.75, 3.05) is 0 Å². The number of hydrogen-bond acceptors (Lipinski definition) is 3. The van der Waals surface area contributed by atoms with Crippen molar-refractivity contribution >= 4 is 23.6 Å². The van der Waals surface area contributed by atoms with Gasteiger partial charge in [0.05, 0.1) is 6.04 Å². The molecule has 1 aliphatic carbocycles. The van der Waals surface area contributed by atoms with Crippen molar-refractivity contribution < 1.29 is 9.59 Å². The third kappa shape index (κ3) is 5.61. The summed E-state index contributed by atoms with van der Waals surface area (Å²) < 4.78 is 0. The van der Waals surface area contributed by atoms with Gasteiger partial charge in [0.15, 0.2) is 0 Å². The van der Waals surface area contributed by atoms with Gasteiger partial charge in [0.25, 0.3) is 0 Å². The Morgan fingerprint density at radius 1 is 1.04 bits per heavy atom. The number of thioether (sulfide) groups is 1. The van der Waals surface area contributed by atoms with E-state index in [2.05, 4.69) is 31.3 Å². The average Bonchev–Trinajstić information content (AvgIpc) is 3.51. The number of carbonyl (C=O) groups is 2. The molecule has 1 fully saturated rings. The summed E-state index contributed by atoms with van der Waals surface area (Å²) in [6, 6.07) is 18.0. The van der Waals surface area contributed by atoms with E-state index in [9.17, 15) is 9.59 Å². The normalized spacial score (nSPS) is 14.6. The van der Waals surface area contributed by atoms with Crippen LogP contribution in [0.2, 0.25) is 0 Å². The van der Waals surface area contributed by atoms with E-state index in [4.69, 9.17) is 0 Å². The van der Waals surface area contributed by atoms with Gasteiger partial charge in [0.2, 0.25) is 0 Å². The van der Waals surface area contributed by atoms with E-state index in [0.717, 1.165) is 24.0 Å². The van der Waals surface area contributed by atoms with Gasteiger partial charge < -0.3 is 10.2 Å². The SMILES string of the molecule is CC(C)Sc1ccc(C(C)NC(=O)C(=O)N(Cc2ccccc2)C2CC2)cc1. The molecular weight excluding hydrogens is 368 g/mol. The molecule has 28 heavy (non-hydrogen) atoms. The standard InChI is InChI=1S/C23H28N2O2S/c1-16(2)28-21-13-9-19(10-14-21)17(3)24-22(26)23(27)25(20-11-12-20)15-18-7-5-4-6-8-18/h4-10,13-14,16-17,20H,11-12,15H2,1-3H3,(H,24,26). The van der Waals surface area contributed by atoms with Gasteiger partial charge in [0.1, 0.15) is 0 Å². The third-order valence-corrected chi connectivity index (χ3v) is 5.75. The van der Waals surface area contributed by atoms with E-state index in [1.54, 1.807) is 16.7 Å². The van der Waals surface area contributed by atoms with E-state index in [-0.39, 0.29) is 12.1 Å². The molecule has 1 N–H and O–H groups in total. The zero-order valence-electron chi connectivity index (χ0n) is 16.7. The summed E-state index contributed by atoms with van der Waals surface area (Å²) in [5.41, 5.74) is 2.04. The van der Waals surface area contributed by atoms with Crippen LogP contribution in [0.15, 0.2) is 59.5 Å². The van der Waals surface area contributed by atoms with Gasteiger partial charge in [-0.3, -0.25) is 9.59 Å². The highest BCUT2D eigenvalue weighted by atomic mass is 32.2. The van der Waals surface area contributed by atoms with Crippen molar-refractivity contribution in [3.05, 3.63) is 65.7 Å². The number of hydrogen-bond donors (Lipinski definition) is 1. The van der Waals surface area contributed by atoms with Crippen LogP contribution in [0.4, 0.5) is 0 Å². The lowest BCUT2D eigenvalue weighted by atomic mass is 10.1. The van der Waals surface area contributed by atoms with E-state index >= 15 is 0 Å². The van der Waals surface area contributed by atoms with E-state index < -0.39 is 11.8 Å². The molecule has 1 aliphatic rings. The molecule has 5 heteroatoms. The minimum absolute atomic E-state index is 0.182. The monoisotopic (exact) mass is 396 g/mol. The molecule has 0 bridgehead atoms. The summed E-state index contributed by atoms with van der Waals surface area (Å²) in [6.45, 7) is 6.71. The predicted octanol–water partition coefficient (Wildman–Crippen LogP) is 4.56. The van der Waals surface area contributed by atoms with Crippen molar-refractivity contribution in [1.82, 2.24) is 10.2 Å². The Hall–Kier alpha value is -2.27. The second-order valence-electron chi connectivity index (χ2n) is 7.58. The Balaban J connectivity index is 1.61. The van der Waals surface area contributed by atoms with Crippen molar-refractivity contribution in [3.8, 4) is 0 Å². The Kier molecular flexibility index (Phi) is 6.79. The molecule has 1 saturated carbocycles. The lowest BCUT2D eigenvalue weighted by Gasteiger charge is -2.23. The molecule has 1 unspecified atom stereocenters. The molecule has 0 saturated heterocycles. The molecule has 2 amide bonds. The molecule has 2 aromatic rings. The number of rotatable bonds is 7. The highest BCUT2D eigenvalue weighted by Gasteiger charge is 2.35. The maximum Gasteiger partial charge on any atom is 0.312 e. The fourth-order valence-corrected chi connectivity index (χ4v) is 3.95. The number of nitrogens with one attached hydrogen (secondary N) is 1. The van der Waals surface area contributed by atoms with Crippen molar-refractivity contribution in [2.45, 2.75) is 62.4 Å². The molecule has 4 nitrogen and oxygen atoms in total. The topological polar surface area (TPSA) is 49.4 Å². The van der Waals surface area contributed by atoms with Gasteiger partial charge in [-0.25, -0.2) is 0 Å². The number of carbonyl (C=O) groups excluding carboxylic acids is 2. The van der Waals surface area contributed by atoms with Crippen LogP contribution in [0, 0.1) is 0 Å². The third-order valence-electron chi connectivity index (χ3n) is 4.74. The maximum atomic E-state index is 12.8. The molecular formula is C23H28N2O2S. The molecule has 3 rings (SSSR count). The average molecular weight is 397 g/mol. The van der Waals surface area contributed by atoms with Crippen molar-refractivity contribution in [1.29, 1.82) is 0 Å². The summed E-state index contributed by atoms with van der Waals surface area (Å²) in [4.78, 5) is 28.3. The van der Waals surface area contributed by atoms with Crippen LogP contribution in [-0.2, 0) is 16.1 Å². The molecule has 0 spiro atoms. The summed E-state index contributed by atoms with van der Waals surface area (Å²) in [7, 11) is 0. The maximum absolute atomic E-state index is 12.8. The van der Waals surface area contributed by atoms with Crippen molar-refractivity contribution in [2.24, 2.45) is 0 Å². The minimum atomic E-state index is -0.532. The summed E-state index contributed by atoms with van der Waals surface area (Å²) >= 11 is 1.80. The highest BCUT2D eigenvalue weighted by molar-refractivity contribution is 7.99. The minimum Gasteiger partial charge on any atom is -0.341 e. The van der Waals surface area contributed by atoms with Crippen LogP contribution in [0.5, 0.6) is 0 Å². The predicted molar refractivity (Wildman–Crippen MR) is 114 cm³/mol. The Morgan fingerprint density at radius 3 is 2.25 bits per heavy atom. The van der Waals surface area contributed by atoms with Gasteiger partial charge in [-0.2, -0.15) is 0 Å². The Bertz CT molecular complexity index is 801. The highest BCUT2D eigenvalue weighted by Crippen LogP contribution is 2.29. The Morgan fingerprint density at radius 2 is 1.68 bits per heavy atom. The second-order valence-corrected chi connectivity index (χ2v) is 9.23. The van der Waals surface area contributed by atoms with E-state index in [0.29, 0.717) is 11.8 Å². The van der Waals surface area contributed by atoms with Gasteiger partial charge in [-0.05, 0) is 43.0 Å². The number of amides is 2. The van der Waals surface area contributed by atoms with E-state index in [1.807, 2.05) is 49.4 Å². The molecule has 0 radical (unpaired) electrons. The van der Waals surface area contributed by atoms with E-state index in [1.165, 1.54) is 4.90 Å². The second kappa shape index (κ2) is 9.28. The van der Waals surface area contributed by atoms with Crippen LogP contribution in [0.25, 0.3) is 0 Å². The molecule has 1 atom stereocenters. The van der Waals surface area contributed by atoms with Crippen LogP contribution < -0.4 is 5.32 Å². The summed E-state index contributed by atoms with van der Waals surface area (Å²) in [5, 5.41) is 3.39. The zero-order chi connectivity index (χ0) is 20.1. The molecule has 0 aliphatic heterocycles. The first kappa shape index (κ1) is 20.5.